The Kier molecular flexibility index (Phi) is 8.26. The third-order valence-corrected chi connectivity index (χ3v) is 6.98. The number of aryl methyl sites for hydroxylation is 1. The van der Waals surface area contributed by atoms with Crippen molar-refractivity contribution in [3.63, 3.8) is 0 Å². The number of carbonyl (C=O) groups is 2. The van der Waals surface area contributed by atoms with Gasteiger partial charge in [0.15, 0.2) is 0 Å². The standard InChI is InChI=1S/C27H35N3O3.ClH/c1-26(2,28)25(32)29-22(13-8-11-20-9-4-3-5-10-20)24(31)30-17-15-27(16-18-30)19-33-23-14-7-6-12-21(23)27;/h3-7,9-10,12,14,22H,8,11,13,15-19,28H2,1-2H3,(H,29,32);1H/t22-;/m1./s1. The van der Waals surface area contributed by atoms with Crippen LogP contribution >= 0.6 is 12.4 Å². The summed E-state index contributed by atoms with van der Waals surface area (Å²) >= 11 is 0. The summed E-state index contributed by atoms with van der Waals surface area (Å²) in [6.07, 6.45) is 3.99. The molecule has 2 amide bonds. The number of ether oxygens (including phenoxy) is 1. The first kappa shape index (κ1) is 26.0. The van der Waals surface area contributed by atoms with Crippen molar-refractivity contribution in [3.05, 3.63) is 65.7 Å². The smallest absolute Gasteiger partial charge is 0.245 e. The minimum absolute atomic E-state index is 0. The average Bonchev–Trinajstić information content (AvgIpc) is 3.16. The Bertz CT molecular complexity index is 982. The van der Waals surface area contributed by atoms with Gasteiger partial charge in [0.25, 0.3) is 0 Å². The number of piperidine rings is 1. The highest BCUT2D eigenvalue weighted by atomic mass is 35.5. The van der Waals surface area contributed by atoms with E-state index in [0.29, 0.717) is 26.1 Å². The Morgan fingerprint density at radius 1 is 1.09 bits per heavy atom. The van der Waals surface area contributed by atoms with Crippen LogP contribution in [0, 0.1) is 0 Å². The van der Waals surface area contributed by atoms with E-state index in [-0.39, 0.29) is 29.6 Å². The van der Waals surface area contributed by atoms with Gasteiger partial charge in [-0.2, -0.15) is 0 Å². The lowest BCUT2D eigenvalue weighted by Crippen LogP contribution is -2.57. The molecule has 2 aromatic rings. The Balaban J connectivity index is 0.00000324. The van der Waals surface area contributed by atoms with Gasteiger partial charge in [-0.1, -0.05) is 48.5 Å². The zero-order valence-electron chi connectivity index (χ0n) is 20.1. The first-order chi connectivity index (χ1) is 15.8. The third-order valence-electron chi connectivity index (χ3n) is 6.98. The Morgan fingerprint density at radius 2 is 1.74 bits per heavy atom. The molecule has 2 heterocycles. The second-order valence-electron chi connectivity index (χ2n) is 10.0. The van der Waals surface area contributed by atoms with E-state index in [2.05, 4.69) is 29.6 Å². The number of hydrogen-bond acceptors (Lipinski definition) is 4. The fraction of sp³-hybridized carbons (Fsp3) is 0.481. The summed E-state index contributed by atoms with van der Waals surface area (Å²) in [5.74, 6) is 0.656. The molecule has 2 aliphatic heterocycles. The van der Waals surface area contributed by atoms with Crippen LogP contribution in [0.2, 0.25) is 0 Å². The number of hydrogen-bond donors (Lipinski definition) is 2. The number of likely N-dealkylation sites (tertiary alicyclic amines) is 1. The fourth-order valence-corrected chi connectivity index (χ4v) is 4.87. The van der Waals surface area contributed by atoms with Crippen molar-refractivity contribution >= 4 is 24.2 Å². The topological polar surface area (TPSA) is 84.7 Å². The van der Waals surface area contributed by atoms with Gasteiger partial charge in [0.1, 0.15) is 11.8 Å². The zero-order valence-corrected chi connectivity index (χ0v) is 20.9. The number of nitrogens with two attached hydrogens (primary N) is 1. The highest BCUT2D eigenvalue weighted by molar-refractivity contribution is 5.91. The molecular weight excluding hydrogens is 450 g/mol. The molecule has 3 N–H and O–H groups in total. The van der Waals surface area contributed by atoms with Crippen LogP contribution in [0.5, 0.6) is 5.75 Å². The van der Waals surface area contributed by atoms with Crippen LogP contribution in [0.4, 0.5) is 0 Å². The summed E-state index contributed by atoms with van der Waals surface area (Å²) in [7, 11) is 0. The van der Waals surface area contributed by atoms with Crippen LogP contribution in [-0.2, 0) is 21.4 Å². The van der Waals surface area contributed by atoms with E-state index in [0.717, 1.165) is 31.4 Å². The maximum atomic E-state index is 13.5. The summed E-state index contributed by atoms with van der Waals surface area (Å²) in [5, 5.41) is 2.94. The van der Waals surface area contributed by atoms with Crippen molar-refractivity contribution in [2.75, 3.05) is 19.7 Å². The zero-order chi connectivity index (χ0) is 23.5. The number of rotatable bonds is 7. The van der Waals surface area contributed by atoms with Gasteiger partial charge in [0.05, 0.1) is 12.1 Å². The van der Waals surface area contributed by atoms with E-state index >= 15 is 0 Å². The van der Waals surface area contributed by atoms with Gasteiger partial charge in [0, 0.05) is 24.1 Å². The van der Waals surface area contributed by atoms with Crippen LogP contribution in [0.1, 0.15) is 50.7 Å². The number of carbonyl (C=O) groups excluding carboxylic acids is 2. The predicted octanol–water partition coefficient (Wildman–Crippen LogP) is 3.61. The van der Waals surface area contributed by atoms with Crippen molar-refractivity contribution in [1.82, 2.24) is 10.2 Å². The first-order valence-corrected chi connectivity index (χ1v) is 11.9. The number of benzene rings is 2. The predicted molar refractivity (Wildman–Crippen MR) is 136 cm³/mol. The van der Waals surface area contributed by atoms with Gasteiger partial charge in [-0.15, -0.1) is 12.4 Å². The lowest BCUT2D eigenvalue weighted by Gasteiger charge is -2.40. The molecule has 0 aromatic heterocycles. The van der Waals surface area contributed by atoms with Crippen molar-refractivity contribution in [2.24, 2.45) is 5.73 Å². The normalized spacial score (nSPS) is 17.3. The second-order valence-corrected chi connectivity index (χ2v) is 10.0. The third kappa shape index (κ3) is 5.73. The second kappa shape index (κ2) is 10.8. The number of halogens is 1. The molecule has 0 bridgehead atoms. The molecular formula is C27H36ClN3O3. The first-order valence-electron chi connectivity index (χ1n) is 11.9. The molecule has 2 aromatic carbocycles. The number of para-hydroxylation sites is 1. The molecule has 34 heavy (non-hydrogen) atoms. The average molecular weight is 486 g/mol. The minimum Gasteiger partial charge on any atom is -0.492 e. The van der Waals surface area contributed by atoms with Crippen molar-refractivity contribution in [2.45, 2.75) is 62.9 Å². The highest BCUT2D eigenvalue weighted by Crippen LogP contribution is 2.45. The molecule has 1 spiro atoms. The number of amides is 2. The van der Waals surface area contributed by atoms with Crippen molar-refractivity contribution in [3.8, 4) is 5.75 Å². The number of nitrogens with one attached hydrogen (secondary N) is 1. The van der Waals surface area contributed by atoms with Crippen LogP contribution < -0.4 is 15.8 Å². The van der Waals surface area contributed by atoms with E-state index in [1.807, 2.05) is 35.2 Å². The van der Waals surface area contributed by atoms with E-state index in [9.17, 15) is 9.59 Å². The molecule has 1 saturated heterocycles. The van der Waals surface area contributed by atoms with Gasteiger partial charge in [-0.05, 0) is 57.6 Å². The number of fused-ring (bicyclic) bond motifs is 2. The van der Waals surface area contributed by atoms with E-state index in [1.54, 1.807) is 13.8 Å². The maximum Gasteiger partial charge on any atom is 0.245 e. The minimum atomic E-state index is -1.03. The lowest BCUT2D eigenvalue weighted by atomic mass is 9.74. The van der Waals surface area contributed by atoms with Crippen LogP contribution in [0.3, 0.4) is 0 Å². The molecule has 0 saturated carbocycles. The van der Waals surface area contributed by atoms with Crippen LogP contribution in [-0.4, -0.2) is 48.0 Å². The molecule has 0 aliphatic carbocycles. The van der Waals surface area contributed by atoms with Gasteiger partial charge >= 0.3 is 0 Å². The molecule has 4 rings (SSSR count). The molecule has 0 unspecified atom stereocenters. The quantitative estimate of drug-likeness (QED) is 0.627. The summed E-state index contributed by atoms with van der Waals surface area (Å²) in [6, 6.07) is 17.9. The summed E-state index contributed by atoms with van der Waals surface area (Å²) in [4.78, 5) is 28.0. The molecule has 2 aliphatic rings. The van der Waals surface area contributed by atoms with Crippen LogP contribution in [0.15, 0.2) is 54.6 Å². The monoisotopic (exact) mass is 485 g/mol. The Labute approximate surface area is 208 Å². The van der Waals surface area contributed by atoms with Gasteiger partial charge < -0.3 is 20.7 Å². The van der Waals surface area contributed by atoms with Crippen molar-refractivity contribution in [1.29, 1.82) is 0 Å². The summed E-state index contributed by atoms with van der Waals surface area (Å²) in [6.45, 7) is 5.32. The van der Waals surface area contributed by atoms with E-state index in [4.69, 9.17) is 10.5 Å². The van der Waals surface area contributed by atoms with E-state index in [1.165, 1.54) is 11.1 Å². The largest absolute Gasteiger partial charge is 0.492 e. The Hall–Kier alpha value is -2.57. The molecule has 1 atom stereocenters. The van der Waals surface area contributed by atoms with Gasteiger partial charge in [-0.25, -0.2) is 0 Å². The van der Waals surface area contributed by atoms with Gasteiger partial charge in [-0.3, -0.25) is 9.59 Å². The summed E-state index contributed by atoms with van der Waals surface area (Å²) in [5.41, 5.74) is 7.44. The molecule has 7 heteroatoms. The lowest BCUT2D eigenvalue weighted by molar-refractivity contribution is -0.139. The fourth-order valence-electron chi connectivity index (χ4n) is 4.87. The van der Waals surface area contributed by atoms with E-state index < -0.39 is 11.6 Å². The highest BCUT2D eigenvalue weighted by Gasteiger charge is 2.44. The van der Waals surface area contributed by atoms with Crippen LogP contribution in [0.25, 0.3) is 0 Å². The molecule has 184 valence electrons. The van der Waals surface area contributed by atoms with Crippen molar-refractivity contribution < 1.29 is 14.3 Å². The summed E-state index contributed by atoms with van der Waals surface area (Å²) < 4.78 is 5.95. The number of nitrogens with zero attached hydrogens (tertiary/aromatic N) is 1. The molecule has 6 nitrogen and oxygen atoms in total. The molecule has 0 radical (unpaired) electrons. The molecule has 1 fully saturated rings. The van der Waals surface area contributed by atoms with Gasteiger partial charge in [0.2, 0.25) is 11.8 Å². The SMILES string of the molecule is CC(C)(N)C(=O)N[C@H](CCCc1ccccc1)C(=O)N1CCC2(CC1)COc1ccccc12.Cl. The maximum absolute atomic E-state index is 13.5. The Morgan fingerprint density at radius 3 is 2.41 bits per heavy atom.